The standard InChI is InChI=1S/C19H35N3O3/c1-5-8-16(23)21-12-14-9-7-10-22(13-14)17(24)19(20)11-15(25-6-2)18(19,3)4/h14-15H,5-13,20H2,1-4H3,(H,21,23). The van der Waals surface area contributed by atoms with Crippen molar-refractivity contribution in [3.05, 3.63) is 0 Å². The molecule has 0 radical (unpaired) electrons. The molecule has 6 heteroatoms. The van der Waals surface area contributed by atoms with Gasteiger partial charge in [0, 0.05) is 44.5 Å². The van der Waals surface area contributed by atoms with Gasteiger partial charge in [0.25, 0.3) is 0 Å². The second-order valence-electron chi connectivity index (χ2n) is 8.15. The zero-order chi connectivity index (χ0) is 18.7. The molecule has 0 aromatic carbocycles. The van der Waals surface area contributed by atoms with Crippen molar-refractivity contribution in [1.82, 2.24) is 10.2 Å². The van der Waals surface area contributed by atoms with Crippen molar-refractivity contribution in [3.8, 4) is 0 Å². The van der Waals surface area contributed by atoms with Crippen LogP contribution in [0.5, 0.6) is 0 Å². The third kappa shape index (κ3) is 4.00. The highest BCUT2D eigenvalue weighted by atomic mass is 16.5. The summed E-state index contributed by atoms with van der Waals surface area (Å²) in [7, 11) is 0. The van der Waals surface area contributed by atoms with Gasteiger partial charge in [-0.2, -0.15) is 0 Å². The normalized spacial score (nSPS) is 31.3. The lowest BCUT2D eigenvalue weighted by Crippen LogP contribution is -2.76. The molecule has 25 heavy (non-hydrogen) atoms. The molecule has 0 aromatic heterocycles. The predicted molar refractivity (Wildman–Crippen MR) is 98.0 cm³/mol. The SMILES string of the molecule is CCCC(=O)NCC1CCCN(C(=O)C2(N)CC(OCC)C2(C)C)C1. The minimum atomic E-state index is -0.847. The van der Waals surface area contributed by atoms with Crippen molar-refractivity contribution in [3.63, 3.8) is 0 Å². The number of nitrogens with two attached hydrogens (primary N) is 1. The van der Waals surface area contributed by atoms with E-state index < -0.39 is 5.54 Å². The maximum atomic E-state index is 13.1. The van der Waals surface area contributed by atoms with Crippen molar-refractivity contribution < 1.29 is 14.3 Å². The zero-order valence-corrected chi connectivity index (χ0v) is 16.3. The zero-order valence-electron chi connectivity index (χ0n) is 16.3. The van der Waals surface area contributed by atoms with Crippen molar-refractivity contribution in [2.24, 2.45) is 17.1 Å². The Kier molecular flexibility index (Phi) is 6.49. The van der Waals surface area contributed by atoms with Crippen molar-refractivity contribution in [1.29, 1.82) is 0 Å². The van der Waals surface area contributed by atoms with Crippen LogP contribution in [0.15, 0.2) is 0 Å². The number of piperidine rings is 1. The van der Waals surface area contributed by atoms with E-state index in [1.165, 1.54) is 0 Å². The number of rotatable bonds is 7. The first-order valence-electron chi connectivity index (χ1n) is 9.72. The number of hydrogen-bond acceptors (Lipinski definition) is 4. The van der Waals surface area contributed by atoms with E-state index in [9.17, 15) is 9.59 Å². The summed E-state index contributed by atoms with van der Waals surface area (Å²) in [5, 5.41) is 2.99. The molecular weight excluding hydrogens is 318 g/mol. The summed E-state index contributed by atoms with van der Waals surface area (Å²) in [6.45, 7) is 10.7. The fourth-order valence-electron chi connectivity index (χ4n) is 4.07. The van der Waals surface area contributed by atoms with E-state index in [1.807, 2.05) is 32.6 Å². The molecule has 144 valence electrons. The lowest BCUT2D eigenvalue weighted by atomic mass is 9.54. The molecule has 3 unspecified atom stereocenters. The number of nitrogens with one attached hydrogen (secondary N) is 1. The minimum absolute atomic E-state index is 0.0398. The Morgan fingerprint density at radius 1 is 1.32 bits per heavy atom. The average Bonchev–Trinajstić information content (AvgIpc) is 2.59. The molecule has 1 saturated carbocycles. The third-order valence-corrected chi connectivity index (χ3v) is 6.08. The van der Waals surface area contributed by atoms with Gasteiger partial charge in [-0.25, -0.2) is 0 Å². The molecule has 2 rings (SSSR count). The van der Waals surface area contributed by atoms with Crippen molar-refractivity contribution in [2.75, 3.05) is 26.2 Å². The molecule has 2 amide bonds. The fraction of sp³-hybridized carbons (Fsp3) is 0.895. The fourth-order valence-corrected chi connectivity index (χ4v) is 4.07. The molecule has 3 N–H and O–H groups in total. The van der Waals surface area contributed by atoms with Crippen LogP contribution in [0.25, 0.3) is 0 Å². The van der Waals surface area contributed by atoms with Crippen LogP contribution < -0.4 is 11.1 Å². The Morgan fingerprint density at radius 3 is 2.64 bits per heavy atom. The molecule has 0 spiro atoms. The summed E-state index contributed by atoms with van der Waals surface area (Å²) < 4.78 is 5.74. The van der Waals surface area contributed by atoms with E-state index in [0.717, 1.165) is 25.8 Å². The van der Waals surface area contributed by atoms with Crippen LogP contribution in [0, 0.1) is 11.3 Å². The van der Waals surface area contributed by atoms with Gasteiger partial charge in [-0.15, -0.1) is 0 Å². The molecule has 1 aliphatic heterocycles. The lowest BCUT2D eigenvalue weighted by molar-refractivity contribution is -0.180. The quantitative estimate of drug-likeness (QED) is 0.729. The largest absolute Gasteiger partial charge is 0.378 e. The van der Waals surface area contributed by atoms with Gasteiger partial charge in [-0.3, -0.25) is 9.59 Å². The topological polar surface area (TPSA) is 84.7 Å². The van der Waals surface area contributed by atoms with Gasteiger partial charge in [0.1, 0.15) is 5.54 Å². The van der Waals surface area contributed by atoms with Crippen LogP contribution >= 0.6 is 0 Å². The summed E-state index contributed by atoms with van der Waals surface area (Å²) in [6, 6.07) is 0. The van der Waals surface area contributed by atoms with E-state index in [1.54, 1.807) is 0 Å². The first kappa shape index (κ1) is 20.2. The predicted octanol–water partition coefficient (Wildman–Crippen LogP) is 1.67. The van der Waals surface area contributed by atoms with Gasteiger partial charge in [-0.05, 0) is 32.1 Å². The average molecular weight is 354 g/mol. The van der Waals surface area contributed by atoms with Crippen LogP contribution in [-0.2, 0) is 14.3 Å². The molecule has 2 fully saturated rings. The van der Waals surface area contributed by atoms with E-state index in [0.29, 0.717) is 38.5 Å². The molecule has 1 aliphatic carbocycles. The van der Waals surface area contributed by atoms with Crippen LogP contribution in [0.2, 0.25) is 0 Å². The maximum absolute atomic E-state index is 13.1. The Morgan fingerprint density at radius 2 is 2.04 bits per heavy atom. The second-order valence-corrected chi connectivity index (χ2v) is 8.15. The number of ether oxygens (including phenoxy) is 1. The van der Waals surface area contributed by atoms with Gasteiger partial charge in [0.05, 0.1) is 6.10 Å². The Balaban J connectivity index is 1.92. The highest BCUT2D eigenvalue weighted by Gasteiger charge is 2.63. The van der Waals surface area contributed by atoms with E-state index in [4.69, 9.17) is 10.5 Å². The molecule has 2 aliphatic rings. The Bertz CT molecular complexity index is 494. The number of carbonyl (C=O) groups is 2. The molecule has 3 atom stereocenters. The van der Waals surface area contributed by atoms with E-state index in [2.05, 4.69) is 5.32 Å². The van der Waals surface area contributed by atoms with Crippen molar-refractivity contribution in [2.45, 2.75) is 71.4 Å². The summed E-state index contributed by atoms with van der Waals surface area (Å²) >= 11 is 0. The number of likely N-dealkylation sites (tertiary alicyclic amines) is 1. The van der Waals surface area contributed by atoms with Gasteiger partial charge in [-0.1, -0.05) is 20.8 Å². The van der Waals surface area contributed by atoms with Crippen LogP contribution in [0.3, 0.4) is 0 Å². The molecule has 0 bridgehead atoms. The van der Waals surface area contributed by atoms with Crippen LogP contribution in [0.1, 0.15) is 59.8 Å². The minimum Gasteiger partial charge on any atom is -0.378 e. The third-order valence-electron chi connectivity index (χ3n) is 6.08. The van der Waals surface area contributed by atoms with Crippen LogP contribution in [-0.4, -0.2) is 54.6 Å². The van der Waals surface area contributed by atoms with Crippen LogP contribution in [0.4, 0.5) is 0 Å². The highest BCUT2D eigenvalue weighted by Crippen LogP contribution is 2.50. The van der Waals surface area contributed by atoms with Gasteiger partial charge in [0.15, 0.2) is 0 Å². The summed E-state index contributed by atoms with van der Waals surface area (Å²) in [5.41, 5.74) is 5.34. The smallest absolute Gasteiger partial charge is 0.243 e. The van der Waals surface area contributed by atoms with Gasteiger partial charge in [0.2, 0.25) is 11.8 Å². The van der Waals surface area contributed by atoms with Gasteiger partial charge >= 0.3 is 0 Å². The number of carbonyl (C=O) groups excluding carboxylic acids is 2. The Hall–Kier alpha value is -1.14. The molecule has 1 heterocycles. The molecular formula is C19H35N3O3. The number of nitrogens with zero attached hydrogens (tertiary/aromatic N) is 1. The van der Waals surface area contributed by atoms with E-state index in [-0.39, 0.29) is 23.3 Å². The molecule has 0 aromatic rings. The summed E-state index contributed by atoms with van der Waals surface area (Å²) in [4.78, 5) is 26.7. The lowest BCUT2D eigenvalue weighted by Gasteiger charge is -2.59. The Labute approximate surface area is 151 Å². The number of hydrogen-bond donors (Lipinski definition) is 2. The summed E-state index contributed by atoms with van der Waals surface area (Å²) in [6.07, 6.45) is 4.05. The second kappa shape index (κ2) is 8.04. The van der Waals surface area contributed by atoms with Gasteiger partial charge < -0.3 is 20.7 Å². The number of amides is 2. The summed E-state index contributed by atoms with van der Waals surface area (Å²) in [5.74, 6) is 0.451. The maximum Gasteiger partial charge on any atom is 0.243 e. The monoisotopic (exact) mass is 353 g/mol. The van der Waals surface area contributed by atoms with E-state index >= 15 is 0 Å². The van der Waals surface area contributed by atoms with Crippen molar-refractivity contribution >= 4 is 11.8 Å². The highest BCUT2D eigenvalue weighted by molar-refractivity contribution is 5.89. The first-order chi connectivity index (χ1) is 11.8. The molecule has 1 saturated heterocycles. The first-order valence-corrected chi connectivity index (χ1v) is 9.72. The molecule has 6 nitrogen and oxygen atoms in total.